The molecule has 1 aliphatic rings. The highest BCUT2D eigenvalue weighted by atomic mass is 32.1. The third-order valence-electron chi connectivity index (χ3n) is 4.75. The zero-order valence-corrected chi connectivity index (χ0v) is 17.4. The van der Waals surface area contributed by atoms with E-state index in [9.17, 15) is 4.79 Å². The van der Waals surface area contributed by atoms with E-state index < -0.39 is 0 Å². The summed E-state index contributed by atoms with van der Waals surface area (Å²) in [6.45, 7) is 11.8. The van der Waals surface area contributed by atoms with Crippen LogP contribution in [0.25, 0.3) is 0 Å². The van der Waals surface area contributed by atoms with E-state index in [2.05, 4.69) is 37.8 Å². The van der Waals surface area contributed by atoms with Crippen molar-refractivity contribution in [2.75, 3.05) is 32.8 Å². The van der Waals surface area contributed by atoms with E-state index in [4.69, 9.17) is 9.15 Å². The summed E-state index contributed by atoms with van der Waals surface area (Å²) >= 11 is 1.84. The van der Waals surface area contributed by atoms with Crippen molar-refractivity contribution in [1.29, 1.82) is 0 Å². The maximum atomic E-state index is 12.6. The van der Waals surface area contributed by atoms with Gasteiger partial charge in [0.05, 0.1) is 19.8 Å². The molecular formula is C21H30N2O3S. The van der Waals surface area contributed by atoms with Crippen LogP contribution in [0.1, 0.15) is 46.3 Å². The molecule has 1 amide bonds. The molecule has 0 aromatic carbocycles. The summed E-state index contributed by atoms with van der Waals surface area (Å²) in [5.74, 6) is 1.91. The number of furan rings is 1. The molecule has 0 spiro atoms. The number of hydrogen-bond acceptors (Lipinski definition) is 5. The monoisotopic (exact) mass is 390 g/mol. The molecule has 0 atom stereocenters. The first-order valence-corrected chi connectivity index (χ1v) is 10.6. The van der Waals surface area contributed by atoms with E-state index in [-0.39, 0.29) is 5.91 Å². The summed E-state index contributed by atoms with van der Waals surface area (Å²) in [5.41, 5.74) is 0. The maximum absolute atomic E-state index is 12.6. The van der Waals surface area contributed by atoms with E-state index in [1.165, 1.54) is 9.75 Å². The molecule has 148 valence electrons. The molecule has 1 fully saturated rings. The zero-order valence-electron chi connectivity index (χ0n) is 16.6. The number of aryl methyl sites for hydroxylation is 1. The maximum Gasteiger partial charge on any atom is 0.289 e. The lowest BCUT2D eigenvalue weighted by Crippen LogP contribution is -2.40. The van der Waals surface area contributed by atoms with Crippen molar-refractivity contribution in [1.82, 2.24) is 9.80 Å². The van der Waals surface area contributed by atoms with Crippen molar-refractivity contribution >= 4 is 17.2 Å². The third kappa shape index (κ3) is 5.92. The molecule has 0 bridgehead atoms. The van der Waals surface area contributed by atoms with Crippen LogP contribution in [0.5, 0.6) is 0 Å². The van der Waals surface area contributed by atoms with E-state index in [0.29, 0.717) is 38.0 Å². The standard InChI is InChI=1S/C21H30N2O3S/c1-16(2)8-9-22(15-19-6-4-17(3)27-19)14-18-5-7-20(26-18)21(24)23-10-12-25-13-11-23/h4-7,16H,8-15H2,1-3H3. The molecule has 1 saturated heterocycles. The summed E-state index contributed by atoms with van der Waals surface area (Å²) in [4.78, 5) is 19.5. The van der Waals surface area contributed by atoms with Gasteiger partial charge in [0.15, 0.2) is 5.76 Å². The second kappa shape index (κ2) is 9.53. The smallest absolute Gasteiger partial charge is 0.289 e. The molecule has 2 aromatic rings. The highest BCUT2D eigenvalue weighted by molar-refractivity contribution is 7.11. The van der Waals surface area contributed by atoms with Gasteiger partial charge < -0.3 is 14.1 Å². The SMILES string of the molecule is Cc1ccc(CN(CCC(C)C)Cc2ccc(C(=O)N3CCOCC3)o2)s1. The van der Waals surface area contributed by atoms with Crippen molar-refractivity contribution in [3.8, 4) is 0 Å². The number of amides is 1. The molecule has 27 heavy (non-hydrogen) atoms. The summed E-state index contributed by atoms with van der Waals surface area (Å²) in [6.07, 6.45) is 1.14. The molecular weight excluding hydrogens is 360 g/mol. The van der Waals surface area contributed by atoms with Crippen LogP contribution < -0.4 is 0 Å². The summed E-state index contributed by atoms with van der Waals surface area (Å²) in [7, 11) is 0. The number of ether oxygens (including phenoxy) is 1. The fourth-order valence-electron chi connectivity index (χ4n) is 3.17. The minimum Gasteiger partial charge on any atom is -0.455 e. The van der Waals surface area contributed by atoms with Crippen LogP contribution in [-0.2, 0) is 17.8 Å². The third-order valence-corrected chi connectivity index (χ3v) is 5.73. The fourth-order valence-corrected chi connectivity index (χ4v) is 4.10. The first-order valence-electron chi connectivity index (χ1n) is 9.74. The lowest BCUT2D eigenvalue weighted by Gasteiger charge is -2.25. The van der Waals surface area contributed by atoms with E-state index >= 15 is 0 Å². The predicted octanol–water partition coefficient (Wildman–Crippen LogP) is 4.17. The minimum absolute atomic E-state index is 0.0350. The summed E-state index contributed by atoms with van der Waals surface area (Å²) < 4.78 is 11.2. The van der Waals surface area contributed by atoms with Gasteiger partial charge in [0.25, 0.3) is 5.91 Å². The number of carbonyl (C=O) groups excluding carboxylic acids is 1. The van der Waals surface area contributed by atoms with E-state index in [1.807, 2.05) is 23.5 Å². The van der Waals surface area contributed by atoms with Gasteiger partial charge >= 0.3 is 0 Å². The quantitative estimate of drug-likeness (QED) is 0.679. The first-order chi connectivity index (χ1) is 13.0. The largest absolute Gasteiger partial charge is 0.455 e. The van der Waals surface area contributed by atoms with Gasteiger partial charge in [-0.2, -0.15) is 0 Å². The molecule has 0 unspecified atom stereocenters. The molecule has 0 radical (unpaired) electrons. The number of morpholine rings is 1. The van der Waals surface area contributed by atoms with E-state index in [1.54, 1.807) is 4.90 Å². The van der Waals surface area contributed by atoms with Gasteiger partial charge in [-0.3, -0.25) is 9.69 Å². The number of thiophene rings is 1. The Morgan fingerprint density at radius 3 is 2.63 bits per heavy atom. The zero-order chi connectivity index (χ0) is 19.2. The van der Waals surface area contributed by atoms with Crippen molar-refractivity contribution in [3.63, 3.8) is 0 Å². The minimum atomic E-state index is -0.0350. The first kappa shape index (κ1) is 20.1. The number of carbonyl (C=O) groups is 1. The van der Waals surface area contributed by atoms with Crippen LogP contribution in [0.3, 0.4) is 0 Å². The molecule has 6 heteroatoms. The van der Waals surface area contributed by atoms with Crippen LogP contribution in [0, 0.1) is 12.8 Å². The van der Waals surface area contributed by atoms with Gasteiger partial charge in [0, 0.05) is 29.4 Å². The van der Waals surface area contributed by atoms with Crippen molar-refractivity contribution in [3.05, 3.63) is 45.5 Å². The van der Waals surface area contributed by atoms with Gasteiger partial charge in [0.2, 0.25) is 0 Å². The lowest BCUT2D eigenvalue weighted by atomic mass is 10.1. The van der Waals surface area contributed by atoms with Crippen LogP contribution in [0.15, 0.2) is 28.7 Å². The van der Waals surface area contributed by atoms with Gasteiger partial charge in [-0.25, -0.2) is 0 Å². The van der Waals surface area contributed by atoms with E-state index in [0.717, 1.165) is 31.8 Å². The number of rotatable bonds is 8. The Hall–Kier alpha value is -1.63. The average Bonchev–Trinajstić information content (AvgIpc) is 3.29. The van der Waals surface area contributed by atoms with Crippen molar-refractivity contribution < 1.29 is 13.9 Å². The van der Waals surface area contributed by atoms with Gasteiger partial charge in [-0.15, -0.1) is 11.3 Å². The van der Waals surface area contributed by atoms with Crippen molar-refractivity contribution in [2.24, 2.45) is 5.92 Å². The topological polar surface area (TPSA) is 45.9 Å². The summed E-state index contributed by atoms with van der Waals surface area (Å²) in [6, 6.07) is 8.13. The molecule has 0 aliphatic carbocycles. The molecule has 3 heterocycles. The molecule has 1 aliphatic heterocycles. The Balaban J connectivity index is 1.63. The highest BCUT2D eigenvalue weighted by Gasteiger charge is 2.22. The van der Waals surface area contributed by atoms with Crippen LogP contribution in [-0.4, -0.2) is 48.6 Å². The van der Waals surface area contributed by atoms with Crippen LogP contribution in [0.2, 0.25) is 0 Å². The van der Waals surface area contributed by atoms with Gasteiger partial charge in [-0.1, -0.05) is 13.8 Å². The van der Waals surface area contributed by atoms with Crippen LogP contribution in [0.4, 0.5) is 0 Å². The molecule has 2 aromatic heterocycles. The Morgan fingerprint density at radius 1 is 1.19 bits per heavy atom. The Bertz CT molecular complexity index is 731. The second-order valence-corrected chi connectivity index (χ2v) is 8.95. The normalized spacial score (nSPS) is 15.1. The summed E-state index contributed by atoms with van der Waals surface area (Å²) in [5, 5.41) is 0. The van der Waals surface area contributed by atoms with Gasteiger partial charge in [0.1, 0.15) is 5.76 Å². The van der Waals surface area contributed by atoms with Gasteiger partial charge in [-0.05, 0) is 50.1 Å². The molecule has 3 rings (SSSR count). The molecule has 0 saturated carbocycles. The highest BCUT2D eigenvalue weighted by Crippen LogP contribution is 2.20. The predicted molar refractivity (Wildman–Crippen MR) is 108 cm³/mol. The lowest BCUT2D eigenvalue weighted by molar-refractivity contribution is 0.0281. The van der Waals surface area contributed by atoms with Crippen LogP contribution >= 0.6 is 11.3 Å². The number of nitrogens with zero attached hydrogens (tertiary/aromatic N) is 2. The Morgan fingerprint density at radius 2 is 1.96 bits per heavy atom. The number of hydrogen-bond donors (Lipinski definition) is 0. The fraction of sp³-hybridized carbons (Fsp3) is 0.571. The Labute approximate surface area is 165 Å². The second-order valence-electron chi connectivity index (χ2n) is 7.58. The molecule has 0 N–H and O–H groups in total. The average molecular weight is 391 g/mol. The van der Waals surface area contributed by atoms with Crippen molar-refractivity contribution in [2.45, 2.75) is 40.3 Å². The molecule has 5 nitrogen and oxygen atoms in total. The Kier molecular flexibility index (Phi) is 7.10.